The minimum atomic E-state index is -0.512. The SMILES string of the molecule is CCOC(=O)C1OCCC[C@H](COC2CCCCO2)C1N1CCSC1. The molecule has 0 amide bonds. The smallest absolute Gasteiger partial charge is 0.336 e. The van der Waals surface area contributed by atoms with Crippen molar-refractivity contribution >= 4 is 17.7 Å². The van der Waals surface area contributed by atoms with Crippen LogP contribution >= 0.6 is 11.8 Å². The molecule has 0 aromatic heterocycles. The predicted octanol–water partition coefficient (Wildman–Crippen LogP) is 2.26. The number of carbonyl (C=O) groups is 1. The number of hydrogen-bond donors (Lipinski definition) is 0. The second-order valence-electron chi connectivity index (χ2n) is 6.92. The van der Waals surface area contributed by atoms with Crippen LogP contribution in [-0.2, 0) is 23.7 Å². The maximum Gasteiger partial charge on any atom is 0.336 e. The second kappa shape index (κ2) is 10.1. The van der Waals surface area contributed by atoms with E-state index in [0.717, 1.165) is 56.9 Å². The van der Waals surface area contributed by atoms with Gasteiger partial charge in [0.1, 0.15) is 0 Å². The van der Waals surface area contributed by atoms with E-state index in [0.29, 0.717) is 19.8 Å². The van der Waals surface area contributed by atoms with E-state index >= 15 is 0 Å². The summed E-state index contributed by atoms with van der Waals surface area (Å²) in [7, 11) is 0. The van der Waals surface area contributed by atoms with E-state index in [1.165, 1.54) is 0 Å². The van der Waals surface area contributed by atoms with Crippen molar-refractivity contribution in [3.05, 3.63) is 0 Å². The van der Waals surface area contributed by atoms with Crippen LogP contribution in [0.1, 0.15) is 39.0 Å². The molecule has 144 valence electrons. The van der Waals surface area contributed by atoms with Crippen molar-refractivity contribution in [2.24, 2.45) is 5.92 Å². The Morgan fingerprint density at radius 2 is 2.08 bits per heavy atom. The van der Waals surface area contributed by atoms with E-state index < -0.39 is 6.10 Å². The first kappa shape index (κ1) is 19.4. The van der Waals surface area contributed by atoms with E-state index in [1.54, 1.807) is 0 Å². The highest BCUT2D eigenvalue weighted by atomic mass is 32.2. The minimum Gasteiger partial charge on any atom is -0.464 e. The predicted molar refractivity (Wildman–Crippen MR) is 96.5 cm³/mol. The van der Waals surface area contributed by atoms with Crippen LogP contribution in [0.15, 0.2) is 0 Å². The van der Waals surface area contributed by atoms with Gasteiger partial charge in [0.05, 0.1) is 19.3 Å². The topological polar surface area (TPSA) is 57.2 Å². The third kappa shape index (κ3) is 5.32. The monoisotopic (exact) mass is 373 g/mol. The Kier molecular flexibility index (Phi) is 7.86. The van der Waals surface area contributed by atoms with Crippen LogP contribution in [0, 0.1) is 5.92 Å². The summed E-state index contributed by atoms with van der Waals surface area (Å²) in [6.07, 6.45) is 4.61. The molecule has 25 heavy (non-hydrogen) atoms. The third-order valence-corrected chi connectivity index (χ3v) is 6.15. The normalized spacial score (nSPS) is 34.6. The number of rotatable bonds is 6. The lowest BCUT2D eigenvalue weighted by molar-refractivity contribution is -0.178. The van der Waals surface area contributed by atoms with Gasteiger partial charge in [0.2, 0.25) is 0 Å². The number of hydrogen-bond acceptors (Lipinski definition) is 7. The highest BCUT2D eigenvalue weighted by Gasteiger charge is 2.42. The van der Waals surface area contributed by atoms with Gasteiger partial charge in [-0.2, -0.15) is 0 Å². The molecule has 3 aliphatic heterocycles. The van der Waals surface area contributed by atoms with Gasteiger partial charge < -0.3 is 18.9 Å². The zero-order valence-electron chi connectivity index (χ0n) is 15.2. The summed E-state index contributed by atoms with van der Waals surface area (Å²) >= 11 is 1.91. The minimum absolute atomic E-state index is 0.0279. The molecule has 0 aliphatic carbocycles. The van der Waals surface area contributed by atoms with Crippen LogP contribution in [0.5, 0.6) is 0 Å². The molecule has 0 aromatic carbocycles. The average Bonchev–Trinajstić information content (AvgIpc) is 3.08. The highest BCUT2D eigenvalue weighted by molar-refractivity contribution is 7.99. The first-order valence-corrected chi connectivity index (χ1v) is 10.8. The standard InChI is InChI=1S/C18H31NO5S/c1-2-21-18(20)17-16(19-8-11-25-13-19)14(6-5-10-23-17)12-24-15-7-3-4-9-22-15/h14-17H,2-13H2,1H3/t14-,15?,16?,17?/m1/s1. The van der Waals surface area contributed by atoms with Crippen molar-refractivity contribution in [1.29, 1.82) is 0 Å². The first-order chi connectivity index (χ1) is 12.3. The Balaban J connectivity index is 1.68. The van der Waals surface area contributed by atoms with Crippen LogP contribution < -0.4 is 0 Å². The second-order valence-corrected chi connectivity index (χ2v) is 7.99. The fraction of sp³-hybridized carbons (Fsp3) is 0.944. The van der Waals surface area contributed by atoms with Crippen LogP contribution in [0.25, 0.3) is 0 Å². The maximum absolute atomic E-state index is 12.5. The molecule has 3 heterocycles. The van der Waals surface area contributed by atoms with Gasteiger partial charge in [0, 0.05) is 37.3 Å². The maximum atomic E-state index is 12.5. The van der Waals surface area contributed by atoms with Gasteiger partial charge in [0.15, 0.2) is 12.4 Å². The Morgan fingerprint density at radius 3 is 2.80 bits per heavy atom. The molecule has 4 atom stereocenters. The quantitative estimate of drug-likeness (QED) is 0.662. The van der Waals surface area contributed by atoms with Crippen LogP contribution in [0.2, 0.25) is 0 Å². The van der Waals surface area contributed by atoms with Crippen LogP contribution in [0.4, 0.5) is 0 Å². The summed E-state index contributed by atoms with van der Waals surface area (Å²) in [6, 6.07) is 0.0279. The zero-order valence-corrected chi connectivity index (χ0v) is 16.0. The van der Waals surface area contributed by atoms with Crippen molar-refractivity contribution in [1.82, 2.24) is 4.90 Å². The van der Waals surface area contributed by atoms with E-state index in [4.69, 9.17) is 18.9 Å². The number of carbonyl (C=O) groups excluding carboxylic acids is 1. The third-order valence-electron chi connectivity index (χ3n) is 5.16. The van der Waals surface area contributed by atoms with Crippen molar-refractivity contribution in [3.63, 3.8) is 0 Å². The molecular formula is C18H31NO5S. The zero-order chi connectivity index (χ0) is 17.5. The highest BCUT2D eigenvalue weighted by Crippen LogP contribution is 2.31. The van der Waals surface area contributed by atoms with Crippen molar-refractivity contribution in [2.45, 2.75) is 57.5 Å². The summed E-state index contributed by atoms with van der Waals surface area (Å²) < 4.78 is 23.1. The van der Waals surface area contributed by atoms with E-state index in [-0.39, 0.29) is 24.2 Å². The van der Waals surface area contributed by atoms with Crippen molar-refractivity contribution < 1.29 is 23.7 Å². The van der Waals surface area contributed by atoms with Crippen molar-refractivity contribution in [3.8, 4) is 0 Å². The fourth-order valence-corrected chi connectivity index (χ4v) is 4.94. The molecule has 0 radical (unpaired) electrons. The molecular weight excluding hydrogens is 342 g/mol. The molecule has 6 nitrogen and oxygen atoms in total. The Labute approximate surface area is 154 Å². The van der Waals surface area contributed by atoms with Gasteiger partial charge in [0.25, 0.3) is 0 Å². The van der Waals surface area contributed by atoms with Crippen molar-refractivity contribution in [2.75, 3.05) is 44.6 Å². The summed E-state index contributed by atoms with van der Waals surface area (Å²) in [5.41, 5.74) is 0. The molecule has 0 N–H and O–H groups in total. The summed E-state index contributed by atoms with van der Waals surface area (Å²) in [4.78, 5) is 14.9. The van der Waals surface area contributed by atoms with Crippen LogP contribution in [0.3, 0.4) is 0 Å². The largest absolute Gasteiger partial charge is 0.464 e. The number of thioether (sulfide) groups is 1. The van der Waals surface area contributed by atoms with E-state index in [9.17, 15) is 4.79 Å². The molecule has 3 aliphatic rings. The van der Waals surface area contributed by atoms with E-state index in [1.807, 2.05) is 18.7 Å². The fourth-order valence-electron chi connectivity index (χ4n) is 3.91. The Morgan fingerprint density at radius 1 is 1.20 bits per heavy atom. The summed E-state index contributed by atoms with van der Waals surface area (Å²) in [5.74, 6) is 2.08. The molecule has 0 aromatic rings. The first-order valence-electron chi connectivity index (χ1n) is 9.63. The lowest BCUT2D eigenvalue weighted by Crippen LogP contribution is -2.52. The lowest BCUT2D eigenvalue weighted by Gasteiger charge is -2.37. The Bertz CT molecular complexity index is 412. The number of nitrogens with zero attached hydrogens (tertiary/aromatic N) is 1. The molecule has 0 saturated carbocycles. The van der Waals surface area contributed by atoms with Crippen LogP contribution in [-0.4, -0.2) is 73.9 Å². The van der Waals surface area contributed by atoms with Gasteiger partial charge in [-0.1, -0.05) is 0 Å². The van der Waals surface area contributed by atoms with Gasteiger partial charge in [-0.25, -0.2) is 4.79 Å². The van der Waals surface area contributed by atoms with Gasteiger partial charge in [-0.05, 0) is 39.0 Å². The number of ether oxygens (including phenoxy) is 4. The lowest BCUT2D eigenvalue weighted by atomic mass is 9.91. The van der Waals surface area contributed by atoms with Gasteiger partial charge >= 0.3 is 5.97 Å². The molecule has 3 fully saturated rings. The molecule has 0 bridgehead atoms. The molecule has 7 heteroatoms. The van der Waals surface area contributed by atoms with Gasteiger partial charge in [-0.15, -0.1) is 11.8 Å². The summed E-state index contributed by atoms with van der Waals surface area (Å²) in [6.45, 7) is 5.24. The van der Waals surface area contributed by atoms with E-state index in [2.05, 4.69) is 4.90 Å². The molecule has 3 saturated heterocycles. The molecule has 3 unspecified atom stereocenters. The summed E-state index contributed by atoms with van der Waals surface area (Å²) in [5, 5.41) is 0. The Hall–Kier alpha value is -0.340. The number of esters is 1. The average molecular weight is 374 g/mol. The molecule has 0 spiro atoms. The van der Waals surface area contributed by atoms with Gasteiger partial charge in [-0.3, -0.25) is 4.90 Å². The molecule has 3 rings (SSSR count).